The summed E-state index contributed by atoms with van der Waals surface area (Å²) in [7, 11) is 0. The zero-order valence-electron chi connectivity index (χ0n) is 6.80. The maximum atomic E-state index is 9.32. The van der Waals surface area contributed by atoms with E-state index in [-0.39, 0.29) is 6.10 Å². The molecular formula is C8H16BrNO. The highest BCUT2D eigenvalue weighted by Crippen LogP contribution is 2.09. The van der Waals surface area contributed by atoms with Gasteiger partial charge in [-0.05, 0) is 25.9 Å². The number of hydrogen-bond acceptors (Lipinski definition) is 2. The number of halogens is 1. The van der Waals surface area contributed by atoms with Crippen molar-refractivity contribution in [1.29, 1.82) is 0 Å². The number of aliphatic hydroxyl groups excluding tert-OH is 1. The van der Waals surface area contributed by atoms with Gasteiger partial charge in [-0.15, -0.1) is 0 Å². The Morgan fingerprint density at radius 2 is 1.91 bits per heavy atom. The Morgan fingerprint density at radius 3 is 2.45 bits per heavy atom. The molecule has 0 amide bonds. The van der Waals surface area contributed by atoms with Crippen LogP contribution in [0.15, 0.2) is 0 Å². The van der Waals surface area contributed by atoms with Crippen LogP contribution in [0.2, 0.25) is 0 Å². The number of likely N-dealkylation sites (tertiary alicyclic amines) is 1. The molecule has 66 valence electrons. The number of hydrogen-bond donors (Lipinski definition) is 1. The van der Waals surface area contributed by atoms with E-state index in [4.69, 9.17) is 0 Å². The standard InChI is InChI=1S/C8H16BrNO/c9-6-8(11)7-10-4-2-1-3-5-10/h8,11H,1-7H2. The molecule has 0 aromatic rings. The fourth-order valence-electron chi connectivity index (χ4n) is 1.49. The summed E-state index contributed by atoms with van der Waals surface area (Å²) in [6, 6.07) is 0. The van der Waals surface area contributed by atoms with E-state index in [1.165, 1.54) is 32.4 Å². The molecule has 1 heterocycles. The molecule has 0 aromatic heterocycles. The normalized spacial score (nSPS) is 23.5. The average molecular weight is 222 g/mol. The van der Waals surface area contributed by atoms with Gasteiger partial charge in [-0.3, -0.25) is 0 Å². The van der Waals surface area contributed by atoms with Gasteiger partial charge in [-0.2, -0.15) is 0 Å². The highest BCUT2D eigenvalue weighted by molar-refractivity contribution is 9.09. The van der Waals surface area contributed by atoms with Crippen molar-refractivity contribution in [1.82, 2.24) is 4.90 Å². The molecule has 11 heavy (non-hydrogen) atoms. The van der Waals surface area contributed by atoms with Crippen molar-refractivity contribution in [3.63, 3.8) is 0 Å². The molecule has 1 rings (SSSR count). The van der Waals surface area contributed by atoms with Crippen molar-refractivity contribution in [3.05, 3.63) is 0 Å². The summed E-state index contributed by atoms with van der Waals surface area (Å²) < 4.78 is 0. The third-order valence-corrected chi connectivity index (χ3v) is 2.84. The van der Waals surface area contributed by atoms with Crippen LogP contribution in [0.1, 0.15) is 19.3 Å². The van der Waals surface area contributed by atoms with Gasteiger partial charge in [0.2, 0.25) is 0 Å². The zero-order valence-corrected chi connectivity index (χ0v) is 8.39. The third-order valence-electron chi connectivity index (χ3n) is 2.10. The highest BCUT2D eigenvalue weighted by Gasteiger charge is 2.12. The summed E-state index contributed by atoms with van der Waals surface area (Å²) in [5.41, 5.74) is 0. The van der Waals surface area contributed by atoms with Crippen LogP contribution in [-0.4, -0.2) is 41.1 Å². The Labute approximate surface area is 76.7 Å². The smallest absolute Gasteiger partial charge is 0.0763 e. The molecule has 0 bridgehead atoms. The minimum Gasteiger partial charge on any atom is -0.391 e. The number of piperidine rings is 1. The molecule has 1 fully saturated rings. The van der Waals surface area contributed by atoms with Crippen LogP contribution in [0.25, 0.3) is 0 Å². The lowest BCUT2D eigenvalue weighted by atomic mass is 10.1. The number of rotatable bonds is 3. The molecule has 0 saturated carbocycles. The van der Waals surface area contributed by atoms with E-state index < -0.39 is 0 Å². The molecule has 1 atom stereocenters. The predicted octanol–water partition coefficient (Wildman–Crippen LogP) is 1.23. The molecule has 2 nitrogen and oxygen atoms in total. The third kappa shape index (κ3) is 3.54. The lowest BCUT2D eigenvalue weighted by Crippen LogP contribution is -2.36. The van der Waals surface area contributed by atoms with E-state index in [9.17, 15) is 5.11 Å². The molecule has 0 radical (unpaired) electrons. The van der Waals surface area contributed by atoms with E-state index in [1.54, 1.807) is 0 Å². The van der Waals surface area contributed by atoms with Crippen molar-refractivity contribution in [3.8, 4) is 0 Å². The van der Waals surface area contributed by atoms with Crippen LogP contribution in [0.5, 0.6) is 0 Å². The van der Waals surface area contributed by atoms with Crippen LogP contribution in [0.4, 0.5) is 0 Å². The average Bonchev–Trinajstić information content (AvgIpc) is 2.06. The Kier molecular flexibility index (Phi) is 4.41. The van der Waals surface area contributed by atoms with Crippen LogP contribution in [0.3, 0.4) is 0 Å². The van der Waals surface area contributed by atoms with Crippen molar-refractivity contribution in [2.24, 2.45) is 0 Å². The fraction of sp³-hybridized carbons (Fsp3) is 1.00. The maximum absolute atomic E-state index is 9.32. The topological polar surface area (TPSA) is 23.5 Å². The van der Waals surface area contributed by atoms with Gasteiger partial charge in [0.05, 0.1) is 6.10 Å². The summed E-state index contributed by atoms with van der Waals surface area (Å²) in [4.78, 5) is 2.34. The van der Waals surface area contributed by atoms with Gasteiger partial charge >= 0.3 is 0 Å². The van der Waals surface area contributed by atoms with E-state index in [0.717, 1.165) is 6.54 Å². The lowest BCUT2D eigenvalue weighted by Gasteiger charge is -2.27. The first-order chi connectivity index (χ1) is 5.33. The summed E-state index contributed by atoms with van der Waals surface area (Å²) in [5, 5.41) is 10.0. The number of nitrogens with zero attached hydrogens (tertiary/aromatic N) is 1. The number of β-amino-alcohol motifs (C(OH)–C–C–N with tert-alkyl or cyclic N) is 1. The molecule has 0 aliphatic carbocycles. The second-order valence-electron chi connectivity index (χ2n) is 3.17. The number of alkyl halides is 1. The largest absolute Gasteiger partial charge is 0.391 e. The Bertz CT molecular complexity index is 104. The van der Waals surface area contributed by atoms with Crippen molar-refractivity contribution in [2.75, 3.05) is 25.0 Å². The molecule has 1 N–H and O–H groups in total. The van der Waals surface area contributed by atoms with Gasteiger partial charge < -0.3 is 10.0 Å². The molecule has 1 aliphatic heterocycles. The first kappa shape index (κ1) is 9.49. The first-order valence-electron chi connectivity index (χ1n) is 4.29. The zero-order chi connectivity index (χ0) is 8.10. The van der Waals surface area contributed by atoms with E-state index in [1.807, 2.05) is 0 Å². The van der Waals surface area contributed by atoms with E-state index in [0.29, 0.717) is 5.33 Å². The summed E-state index contributed by atoms with van der Waals surface area (Å²) in [5.74, 6) is 0. The van der Waals surface area contributed by atoms with Gasteiger partial charge in [0.25, 0.3) is 0 Å². The Hall–Kier alpha value is 0.400. The highest BCUT2D eigenvalue weighted by atomic mass is 79.9. The van der Waals surface area contributed by atoms with Gasteiger partial charge in [0.15, 0.2) is 0 Å². The lowest BCUT2D eigenvalue weighted by molar-refractivity contribution is 0.118. The first-order valence-corrected chi connectivity index (χ1v) is 5.41. The van der Waals surface area contributed by atoms with Crippen LogP contribution < -0.4 is 0 Å². The van der Waals surface area contributed by atoms with Gasteiger partial charge in [-0.1, -0.05) is 22.4 Å². The van der Waals surface area contributed by atoms with Crippen molar-refractivity contribution < 1.29 is 5.11 Å². The number of aliphatic hydroxyl groups is 1. The van der Waals surface area contributed by atoms with Gasteiger partial charge in [-0.25, -0.2) is 0 Å². The fourth-order valence-corrected chi connectivity index (χ4v) is 1.69. The molecule has 1 unspecified atom stereocenters. The molecule has 3 heteroatoms. The molecular weight excluding hydrogens is 206 g/mol. The predicted molar refractivity (Wildman–Crippen MR) is 50.1 cm³/mol. The van der Waals surface area contributed by atoms with Gasteiger partial charge in [0, 0.05) is 11.9 Å². The van der Waals surface area contributed by atoms with E-state index >= 15 is 0 Å². The summed E-state index contributed by atoms with van der Waals surface area (Å²) in [6.07, 6.45) is 3.78. The Balaban J connectivity index is 2.13. The minimum atomic E-state index is -0.187. The van der Waals surface area contributed by atoms with Gasteiger partial charge in [0.1, 0.15) is 0 Å². The molecule has 0 aromatic carbocycles. The maximum Gasteiger partial charge on any atom is 0.0763 e. The van der Waals surface area contributed by atoms with Crippen molar-refractivity contribution in [2.45, 2.75) is 25.4 Å². The van der Waals surface area contributed by atoms with Crippen molar-refractivity contribution >= 4 is 15.9 Å². The monoisotopic (exact) mass is 221 g/mol. The Morgan fingerprint density at radius 1 is 1.27 bits per heavy atom. The van der Waals surface area contributed by atoms with Crippen LogP contribution >= 0.6 is 15.9 Å². The second kappa shape index (κ2) is 5.12. The molecule has 1 aliphatic rings. The molecule has 0 spiro atoms. The van der Waals surface area contributed by atoms with Crippen LogP contribution in [-0.2, 0) is 0 Å². The second-order valence-corrected chi connectivity index (χ2v) is 3.82. The quantitative estimate of drug-likeness (QED) is 0.726. The summed E-state index contributed by atoms with van der Waals surface area (Å²) in [6.45, 7) is 3.18. The molecule has 1 saturated heterocycles. The minimum absolute atomic E-state index is 0.187. The van der Waals surface area contributed by atoms with E-state index in [2.05, 4.69) is 20.8 Å². The SMILES string of the molecule is OC(CBr)CN1CCCCC1. The summed E-state index contributed by atoms with van der Waals surface area (Å²) >= 11 is 3.26. The van der Waals surface area contributed by atoms with Crippen LogP contribution in [0, 0.1) is 0 Å².